The third-order valence-electron chi connectivity index (χ3n) is 2.66. The van der Waals surface area contributed by atoms with Crippen LogP contribution in [0.25, 0.3) is 0 Å². The van der Waals surface area contributed by atoms with Crippen LogP contribution in [0.1, 0.15) is 21.6 Å². The number of hydroxylamine groups is 1. The molecule has 1 heterocycles. The van der Waals surface area contributed by atoms with Crippen LogP contribution < -0.4 is 5.48 Å². The van der Waals surface area contributed by atoms with Crippen molar-refractivity contribution in [2.75, 3.05) is 0 Å². The second kappa shape index (κ2) is 6.44. The van der Waals surface area contributed by atoms with E-state index in [2.05, 4.69) is 4.98 Å². The molecule has 2 N–H and O–H groups in total. The number of aromatic nitrogens is 1. The van der Waals surface area contributed by atoms with Crippen LogP contribution >= 0.6 is 0 Å². The molecular formula is C14H11F3N2O3. The first-order valence-corrected chi connectivity index (χ1v) is 6.10. The Labute approximate surface area is 123 Å². The first-order valence-electron chi connectivity index (χ1n) is 6.10. The predicted octanol–water partition coefficient (Wildman–Crippen LogP) is 2.67. The van der Waals surface area contributed by atoms with Gasteiger partial charge < -0.3 is 5.11 Å². The molecule has 2 rings (SSSR count). The Morgan fingerprint density at radius 1 is 1.27 bits per heavy atom. The van der Waals surface area contributed by atoms with Crippen molar-refractivity contribution in [3.63, 3.8) is 0 Å². The van der Waals surface area contributed by atoms with E-state index in [-0.39, 0.29) is 23.6 Å². The van der Waals surface area contributed by atoms with E-state index in [1.807, 2.05) is 5.48 Å². The molecule has 0 aliphatic rings. The molecule has 1 aromatic carbocycles. The van der Waals surface area contributed by atoms with Crippen LogP contribution in [0.3, 0.4) is 0 Å². The third-order valence-corrected chi connectivity index (χ3v) is 2.66. The van der Waals surface area contributed by atoms with Crippen molar-refractivity contribution in [3.05, 3.63) is 59.4 Å². The van der Waals surface area contributed by atoms with Gasteiger partial charge >= 0.3 is 6.18 Å². The molecule has 0 aliphatic carbocycles. The number of hydrogen-bond donors (Lipinski definition) is 2. The number of nitrogens with one attached hydrogen (secondary N) is 1. The number of halogens is 3. The van der Waals surface area contributed by atoms with Gasteiger partial charge in [0.1, 0.15) is 5.75 Å². The Balaban J connectivity index is 1.94. The lowest BCUT2D eigenvalue weighted by Crippen LogP contribution is -2.24. The van der Waals surface area contributed by atoms with E-state index >= 15 is 0 Å². The Hall–Kier alpha value is -2.61. The molecule has 5 nitrogen and oxygen atoms in total. The highest BCUT2D eigenvalue weighted by atomic mass is 19.4. The number of hydrogen-bond acceptors (Lipinski definition) is 4. The first-order chi connectivity index (χ1) is 10.4. The lowest BCUT2D eigenvalue weighted by atomic mass is 10.1. The Morgan fingerprint density at radius 3 is 2.73 bits per heavy atom. The Morgan fingerprint density at radius 2 is 2.05 bits per heavy atom. The summed E-state index contributed by atoms with van der Waals surface area (Å²) in [6.07, 6.45) is -3.14. The summed E-state index contributed by atoms with van der Waals surface area (Å²) in [6, 6.07) is 7.25. The molecule has 0 aliphatic heterocycles. The number of benzene rings is 1. The summed E-state index contributed by atoms with van der Waals surface area (Å²) >= 11 is 0. The fraction of sp³-hybridized carbons (Fsp3) is 0.143. The zero-order chi connectivity index (χ0) is 16.2. The molecule has 0 atom stereocenters. The molecule has 2 aromatic rings. The van der Waals surface area contributed by atoms with Gasteiger partial charge in [0.25, 0.3) is 5.91 Å². The highest BCUT2D eigenvalue weighted by Gasteiger charge is 2.30. The van der Waals surface area contributed by atoms with Gasteiger partial charge in [-0.3, -0.25) is 9.63 Å². The minimum atomic E-state index is -4.45. The van der Waals surface area contributed by atoms with Crippen LogP contribution in [0.5, 0.6) is 5.75 Å². The van der Waals surface area contributed by atoms with Crippen molar-refractivity contribution in [2.45, 2.75) is 12.8 Å². The highest BCUT2D eigenvalue weighted by Crippen LogP contribution is 2.29. The van der Waals surface area contributed by atoms with Crippen LogP contribution in [-0.4, -0.2) is 16.0 Å². The smallest absolute Gasteiger partial charge is 0.416 e. The fourth-order valence-electron chi connectivity index (χ4n) is 1.64. The summed E-state index contributed by atoms with van der Waals surface area (Å²) in [4.78, 5) is 20.1. The first kappa shape index (κ1) is 15.8. The predicted molar refractivity (Wildman–Crippen MR) is 69.6 cm³/mol. The molecule has 1 aromatic heterocycles. The SMILES string of the molecule is O=C(NOCc1cccc(C(F)(F)F)c1)c1ncccc1O. The molecule has 116 valence electrons. The van der Waals surface area contributed by atoms with Crippen LogP contribution in [0, 0.1) is 0 Å². The molecule has 0 spiro atoms. The maximum atomic E-state index is 12.5. The van der Waals surface area contributed by atoms with E-state index in [0.29, 0.717) is 0 Å². The molecule has 0 saturated carbocycles. The van der Waals surface area contributed by atoms with E-state index in [0.717, 1.165) is 12.1 Å². The maximum Gasteiger partial charge on any atom is 0.416 e. The highest BCUT2D eigenvalue weighted by molar-refractivity contribution is 5.93. The van der Waals surface area contributed by atoms with Gasteiger partial charge in [-0.15, -0.1) is 0 Å². The third kappa shape index (κ3) is 3.95. The molecule has 1 amide bonds. The number of carbonyl (C=O) groups excluding carboxylic acids is 1. The van der Waals surface area contributed by atoms with Crippen molar-refractivity contribution in [2.24, 2.45) is 0 Å². The quantitative estimate of drug-likeness (QED) is 0.852. The summed E-state index contributed by atoms with van der Waals surface area (Å²) < 4.78 is 37.6. The lowest BCUT2D eigenvalue weighted by molar-refractivity contribution is -0.137. The van der Waals surface area contributed by atoms with Crippen LogP contribution in [0.4, 0.5) is 13.2 Å². The van der Waals surface area contributed by atoms with E-state index in [1.165, 1.54) is 30.5 Å². The minimum Gasteiger partial charge on any atom is -0.505 e. The van der Waals surface area contributed by atoms with E-state index in [1.54, 1.807) is 0 Å². The zero-order valence-electron chi connectivity index (χ0n) is 11.1. The number of alkyl halides is 3. The number of aromatic hydroxyl groups is 1. The Kier molecular flexibility index (Phi) is 4.62. The molecule has 0 bridgehead atoms. The van der Waals surface area contributed by atoms with Gasteiger partial charge in [-0.2, -0.15) is 13.2 Å². The molecular weight excluding hydrogens is 301 g/mol. The van der Waals surface area contributed by atoms with Gasteiger partial charge in [-0.1, -0.05) is 12.1 Å². The summed E-state index contributed by atoms with van der Waals surface area (Å²) in [5.74, 6) is -1.13. The number of amides is 1. The van der Waals surface area contributed by atoms with Gasteiger partial charge in [0.05, 0.1) is 12.2 Å². The lowest BCUT2D eigenvalue weighted by Gasteiger charge is -2.09. The number of carbonyl (C=O) groups is 1. The van der Waals surface area contributed by atoms with Gasteiger partial charge in [0, 0.05) is 6.20 Å². The van der Waals surface area contributed by atoms with Gasteiger partial charge in [0.2, 0.25) is 0 Å². The maximum absolute atomic E-state index is 12.5. The van der Waals surface area contributed by atoms with Gasteiger partial charge in [-0.05, 0) is 29.8 Å². The second-order valence-electron chi connectivity index (χ2n) is 4.29. The van der Waals surface area contributed by atoms with Crippen molar-refractivity contribution < 1.29 is 27.9 Å². The van der Waals surface area contributed by atoms with Crippen molar-refractivity contribution in [1.29, 1.82) is 0 Å². The standard InChI is InChI=1S/C14H11F3N2O3/c15-14(16,17)10-4-1-3-9(7-10)8-22-19-13(21)12-11(20)5-2-6-18-12/h1-7,20H,8H2,(H,19,21). The number of rotatable bonds is 4. The summed E-state index contributed by atoms with van der Waals surface area (Å²) in [5.41, 5.74) is 1.19. The zero-order valence-corrected chi connectivity index (χ0v) is 11.1. The molecule has 8 heteroatoms. The van der Waals surface area contributed by atoms with Gasteiger partial charge in [0.15, 0.2) is 5.69 Å². The summed E-state index contributed by atoms with van der Waals surface area (Å²) in [6.45, 7) is -0.261. The van der Waals surface area contributed by atoms with E-state index < -0.39 is 17.6 Å². The number of pyridine rings is 1. The van der Waals surface area contributed by atoms with Crippen LogP contribution in [-0.2, 0) is 17.6 Å². The number of nitrogens with zero attached hydrogens (tertiary/aromatic N) is 1. The molecule has 0 saturated heterocycles. The monoisotopic (exact) mass is 312 g/mol. The van der Waals surface area contributed by atoms with E-state index in [9.17, 15) is 23.1 Å². The molecule has 0 radical (unpaired) electrons. The fourth-order valence-corrected chi connectivity index (χ4v) is 1.64. The molecule has 0 unspecified atom stereocenters. The van der Waals surface area contributed by atoms with Crippen LogP contribution in [0.15, 0.2) is 42.6 Å². The van der Waals surface area contributed by atoms with Crippen molar-refractivity contribution in [1.82, 2.24) is 10.5 Å². The Bertz CT molecular complexity index is 674. The average molecular weight is 312 g/mol. The molecule has 0 fully saturated rings. The molecule has 22 heavy (non-hydrogen) atoms. The second-order valence-corrected chi connectivity index (χ2v) is 4.29. The van der Waals surface area contributed by atoms with Crippen LogP contribution in [0.2, 0.25) is 0 Å². The average Bonchev–Trinajstić information content (AvgIpc) is 2.47. The minimum absolute atomic E-state index is 0.236. The topological polar surface area (TPSA) is 71.5 Å². The van der Waals surface area contributed by atoms with Crippen molar-refractivity contribution in [3.8, 4) is 5.75 Å². The largest absolute Gasteiger partial charge is 0.505 e. The summed E-state index contributed by atoms with van der Waals surface area (Å²) in [5, 5.41) is 9.42. The van der Waals surface area contributed by atoms with Crippen molar-refractivity contribution >= 4 is 5.91 Å². The summed E-state index contributed by atoms with van der Waals surface area (Å²) in [7, 11) is 0. The normalized spacial score (nSPS) is 11.2. The van der Waals surface area contributed by atoms with E-state index in [4.69, 9.17) is 4.84 Å². The van der Waals surface area contributed by atoms with Gasteiger partial charge in [-0.25, -0.2) is 10.5 Å².